The second-order valence-electron chi connectivity index (χ2n) is 6.53. The molecule has 3 rings (SSSR count). The predicted molar refractivity (Wildman–Crippen MR) is 103 cm³/mol. The number of aryl methyl sites for hydroxylation is 2. The zero-order valence-electron chi connectivity index (χ0n) is 15.0. The highest BCUT2D eigenvalue weighted by Crippen LogP contribution is 2.31. The molecule has 136 valence electrons. The van der Waals surface area contributed by atoms with Crippen molar-refractivity contribution >= 4 is 34.8 Å². The summed E-state index contributed by atoms with van der Waals surface area (Å²) in [6.07, 6.45) is 0.172. The molecular formula is C20H21ClN2O3. The van der Waals surface area contributed by atoms with Crippen LogP contribution < -0.4 is 15.0 Å². The van der Waals surface area contributed by atoms with Crippen LogP contribution in [0.3, 0.4) is 0 Å². The maximum atomic E-state index is 12.7. The smallest absolute Gasteiger partial charge is 0.229 e. The molecule has 0 saturated carbocycles. The number of halogens is 1. The van der Waals surface area contributed by atoms with Gasteiger partial charge in [-0.1, -0.05) is 23.7 Å². The van der Waals surface area contributed by atoms with Gasteiger partial charge >= 0.3 is 0 Å². The third-order valence-corrected chi connectivity index (χ3v) is 4.84. The lowest BCUT2D eigenvalue weighted by atomic mass is 10.1. The lowest BCUT2D eigenvalue weighted by molar-refractivity contribution is -0.122. The number of hydrogen-bond donors (Lipinski definition) is 1. The van der Waals surface area contributed by atoms with Crippen LogP contribution in [0.15, 0.2) is 36.4 Å². The minimum absolute atomic E-state index is 0.0786. The average molecular weight is 373 g/mol. The number of carbonyl (C=O) groups is 2. The van der Waals surface area contributed by atoms with Crippen molar-refractivity contribution in [2.24, 2.45) is 5.92 Å². The Labute approximate surface area is 157 Å². The van der Waals surface area contributed by atoms with Gasteiger partial charge in [0.1, 0.15) is 5.75 Å². The Morgan fingerprint density at radius 3 is 2.73 bits per heavy atom. The highest BCUT2D eigenvalue weighted by Gasteiger charge is 2.35. The molecule has 1 aliphatic heterocycles. The Morgan fingerprint density at radius 1 is 1.27 bits per heavy atom. The van der Waals surface area contributed by atoms with E-state index in [1.807, 2.05) is 44.2 Å². The number of nitrogens with one attached hydrogen (secondary N) is 1. The van der Waals surface area contributed by atoms with E-state index in [0.29, 0.717) is 23.0 Å². The maximum absolute atomic E-state index is 12.7. The number of nitrogens with zero attached hydrogens (tertiary/aromatic N) is 1. The zero-order chi connectivity index (χ0) is 18.8. The molecule has 5 nitrogen and oxygen atoms in total. The molecule has 0 radical (unpaired) electrons. The highest BCUT2D eigenvalue weighted by atomic mass is 35.5. The molecule has 0 spiro atoms. The average Bonchev–Trinajstić information content (AvgIpc) is 3.00. The van der Waals surface area contributed by atoms with Crippen molar-refractivity contribution < 1.29 is 14.3 Å². The van der Waals surface area contributed by atoms with Crippen LogP contribution in [0.4, 0.5) is 11.4 Å². The van der Waals surface area contributed by atoms with Gasteiger partial charge in [-0.15, -0.1) is 0 Å². The van der Waals surface area contributed by atoms with Crippen molar-refractivity contribution in [3.05, 3.63) is 52.5 Å². The van der Waals surface area contributed by atoms with Crippen molar-refractivity contribution in [1.82, 2.24) is 0 Å². The highest BCUT2D eigenvalue weighted by molar-refractivity contribution is 6.34. The molecule has 0 bridgehead atoms. The van der Waals surface area contributed by atoms with Crippen molar-refractivity contribution in [1.29, 1.82) is 0 Å². The third kappa shape index (κ3) is 3.68. The number of rotatable bonds is 4. The Kier molecular flexibility index (Phi) is 5.18. The summed E-state index contributed by atoms with van der Waals surface area (Å²) in [5.74, 6) is -0.0292. The molecule has 0 aliphatic carbocycles. The lowest BCUT2D eigenvalue weighted by Crippen LogP contribution is -2.28. The van der Waals surface area contributed by atoms with Crippen LogP contribution in [0.5, 0.6) is 5.75 Å². The van der Waals surface area contributed by atoms with Crippen molar-refractivity contribution in [3.63, 3.8) is 0 Å². The fourth-order valence-corrected chi connectivity index (χ4v) is 3.58. The summed E-state index contributed by atoms with van der Waals surface area (Å²) in [4.78, 5) is 26.7. The maximum Gasteiger partial charge on any atom is 0.229 e. The molecule has 1 saturated heterocycles. The fraction of sp³-hybridized carbons (Fsp3) is 0.300. The lowest BCUT2D eigenvalue weighted by Gasteiger charge is -2.18. The third-order valence-electron chi connectivity index (χ3n) is 4.54. The van der Waals surface area contributed by atoms with E-state index in [1.165, 1.54) is 0 Å². The number of amides is 2. The summed E-state index contributed by atoms with van der Waals surface area (Å²) in [6, 6.07) is 11.0. The van der Waals surface area contributed by atoms with Crippen LogP contribution in [0.2, 0.25) is 5.02 Å². The quantitative estimate of drug-likeness (QED) is 0.883. The van der Waals surface area contributed by atoms with E-state index < -0.39 is 5.92 Å². The summed E-state index contributed by atoms with van der Waals surface area (Å²) < 4.78 is 5.21. The van der Waals surface area contributed by atoms with Gasteiger partial charge in [0.25, 0.3) is 0 Å². The molecule has 0 unspecified atom stereocenters. The summed E-state index contributed by atoms with van der Waals surface area (Å²) in [7, 11) is 1.58. The van der Waals surface area contributed by atoms with E-state index >= 15 is 0 Å². The Balaban J connectivity index is 1.75. The summed E-state index contributed by atoms with van der Waals surface area (Å²) in [6.45, 7) is 4.18. The van der Waals surface area contributed by atoms with E-state index in [-0.39, 0.29) is 18.2 Å². The standard InChI is InChI=1S/C20H21ClN2O3/c1-12-7-13(2)19(17(21)8-12)22-20(25)14-9-18(24)23(11-14)15-5-4-6-16(10-15)26-3/h4-8,10,14H,9,11H2,1-3H3,(H,22,25)/t14-/m1/s1. The number of ether oxygens (including phenoxy) is 1. The number of methoxy groups -OCH3 is 1. The van der Waals surface area contributed by atoms with Gasteiger partial charge in [0.2, 0.25) is 11.8 Å². The van der Waals surface area contributed by atoms with E-state index in [9.17, 15) is 9.59 Å². The molecule has 1 aliphatic rings. The molecule has 2 amide bonds. The van der Waals surface area contributed by atoms with Crippen molar-refractivity contribution in [2.75, 3.05) is 23.9 Å². The first-order valence-electron chi connectivity index (χ1n) is 8.41. The van der Waals surface area contributed by atoms with Gasteiger partial charge < -0.3 is 15.0 Å². The first kappa shape index (κ1) is 18.3. The van der Waals surface area contributed by atoms with Gasteiger partial charge in [0.05, 0.1) is 23.7 Å². The van der Waals surface area contributed by atoms with Crippen LogP contribution in [0.25, 0.3) is 0 Å². The first-order valence-corrected chi connectivity index (χ1v) is 8.79. The van der Waals surface area contributed by atoms with Crippen LogP contribution in [-0.2, 0) is 9.59 Å². The minimum atomic E-state index is -0.425. The normalized spacial score (nSPS) is 16.7. The number of carbonyl (C=O) groups excluding carboxylic acids is 2. The topological polar surface area (TPSA) is 58.6 Å². The first-order chi connectivity index (χ1) is 12.4. The molecule has 0 aromatic heterocycles. The van der Waals surface area contributed by atoms with Crippen LogP contribution >= 0.6 is 11.6 Å². The monoisotopic (exact) mass is 372 g/mol. The number of benzene rings is 2. The van der Waals surface area contributed by atoms with Crippen molar-refractivity contribution in [3.8, 4) is 5.75 Å². The van der Waals surface area contributed by atoms with E-state index in [4.69, 9.17) is 16.3 Å². The molecule has 1 atom stereocenters. The largest absolute Gasteiger partial charge is 0.497 e. The molecule has 1 heterocycles. The fourth-order valence-electron chi connectivity index (χ4n) is 3.21. The van der Waals surface area contributed by atoms with Gasteiger partial charge in [0, 0.05) is 24.7 Å². The van der Waals surface area contributed by atoms with Gasteiger partial charge in [-0.2, -0.15) is 0 Å². The SMILES string of the molecule is COc1cccc(N2C[C@H](C(=O)Nc3c(C)cc(C)cc3Cl)CC2=O)c1. The molecule has 1 fully saturated rings. The van der Waals surface area contributed by atoms with Crippen LogP contribution in [0.1, 0.15) is 17.5 Å². The summed E-state index contributed by atoms with van der Waals surface area (Å²) >= 11 is 6.27. The van der Waals surface area contributed by atoms with E-state index in [0.717, 1.165) is 16.8 Å². The Bertz CT molecular complexity index is 843. The molecule has 2 aromatic carbocycles. The van der Waals surface area contributed by atoms with Gasteiger partial charge in [0.15, 0.2) is 0 Å². The predicted octanol–water partition coefficient (Wildman–Crippen LogP) is 3.96. The summed E-state index contributed by atoms with van der Waals surface area (Å²) in [5.41, 5.74) is 3.27. The summed E-state index contributed by atoms with van der Waals surface area (Å²) in [5, 5.41) is 3.39. The second-order valence-corrected chi connectivity index (χ2v) is 6.94. The molecule has 26 heavy (non-hydrogen) atoms. The van der Waals surface area contributed by atoms with E-state index in [2.05, 4.69) is 5.32 Å². The van der Waals surface area contributed by atoms with Crippen molar-refractivity contribution in [2.45, 2.75) is 20.3 Å². The number of anilines is 2. The second kappa shape index (κ2) is 7.38. The van der Waals surface area contributed by atoms with Gasteiger partial charge in [-0.05, 0) is 43.2 Å². The van der Waals surface area contributed by atoms with E-state index in [1.54, 1.807) is 18.1 Å². The van der Waals surface area contributed by atoms with Gasteiger partial charge in [-0.25, -0.2) is 0 Å². The minimum Gasteiger partial charge on any atom is -0.497 e. The molecule has 6 heteroatoms. The van der Waals surface area contributed by atoms with Crippen LogP contribution in [-0.4, -0.2) is 25.5 Å². The molecule has 1 N–H and O–H groups in total. The molecule has 2 aromatic rings. The number of hydrogen-bond acceptors (Lipinski definition) is 3. The zero-order valence-corrected chi connectivity index (χ0v) is 15.8. The Morgan fingerprint density at radius 2 is 2.04 bits per heavy atom. The molecular weight excluding hydrogens is 352 g/mol. The van der Waals surface area contributed by atoms with Crippen LogP contribution in [0, 0.1) is 19.8 Å². The Hall–Kier alpha value is -2.53. The van der Waals surface area contributed by atoms with Gasteiger partial charge in [-0.3, -0.25) is 9.59 Å².